The molecule has 0 saturated carbocycles. The highest BCUT2D eigenvalue weighted by atomic mass is 35.5. The maximum atomic E-state index is 12.5. The summed E-state index contributed by atoms with van der Waals surface area (Å²) in [6, 6.07) is 6.85. The number of ether oxygens (including phenoxy) is 1. The SMILES string of the molecule is CS(=O)(=O)NCCC1CCOC12CN(C(=O)c1ccc(Cl)cc1)C2. The second kappa shape index (κ2) is 6.63. The van der Waals surface area contributed by atoms with Crippen molar-refractivity contribution in [2.24, 2.45) is 5.92 Å². The summed E-state index contributed by atoms with van der Waals surface area (Å²) in [6.07, 6.45) is 2.77. The van der Waals surface area contributed by atoms with Gasteiger partial charge in [-0.25, -0.2) is 13.1 Å². The van der Waals surface area contributed by atoms with Gasteiger partial charge in [0.05, 0.1) is 19.3 Å². The van der Waals surface area contributed by atoms with E-state index in [4.69, 9.17) is 16.3 Å². The zero-order valence-corrected chi connectivity index (χ0v) is 15.1. The molecular formula is C16H21ClN2O4S. The summed E-state index contributed by atoms with van der Waals surface area (Å²) in [5.74, 6) is 0.238. The van der Waals surface area contributed by atoms with E-state index in [2.05, 4.69) is 4.72 Å². The van der Waals surface area contributed by atoms with E-state index in [-0.39, 0.29) is 17.4 Å². The van der Waals surface area contributed by atoms with Gasteiger partial charge in [-0.3, -0.25) is 4.79 Å². The fourth-order valence-corrected chi connectivity index (χ4v) is 4.09. The van der Waals surface area contributed by atoms with Crippen LogP contribution in [0.4, 0.5) is 0 Å². The molecule has 2 fully saturated rings. The lowest BCUT2D eigenvalue weighted by atomic mass is 9.78. The minimum atomic E-state index is -3.17. The van der Waals surface area contributed by atoms with Crippen molar-refractivity contribution in [3.63, 3.8) is 0 Å². The molecule has 8 heteroatoms. The lowest BCUT2D eigenvalue weighted by molar-refractivity contribution is -0.117. The van der Waals surface area contributed by atoms with Crippen molar-refractivity contribution < 1.29 is 17.9 Å². The van der Waals surface area contributed by atoms with Gasteiger partial charge >= 0.3 is 0 Å². The van der Waals surface area contributed by atoms with Crippen molar-refractivity contribution >= 4 is 27.5 Å². The highest BCUT2D eigenvalue weighted by Crippen LogP contribution is 2.42. The molecule has 2 saturated heterocycles. The Bertz CT molecular complexity index is 714. The van der Waals surface area contributed by atoms with E-state index >= 15 is 0 Å². The second-order valence-electron chi connectivity index (χ2n) is 6.52. The average molecular weight is 373 g/mol. The predicted octanol–water partition coefficient (Wildman–Crippen LogP) is 1.51. The highest BCUT2D eigenvalue weighted by Gasteiger charge is 2.54. The van der Waals surface area contributed by atoms with Crippen molar-refractivity contribution in [3.05, 3.63) is 34.9 Å². The predicted molar refractivity (Wildman–Crippen MR) is 91.6 cm³/mol. The van der Waals surface area contributed by atoms with Crippen LogP contribution >= 0.6 is 11.6 Å². The maximum Gasteiger partial charge on any atom is 0.254 e. The molecule has 2 aliphatic rings. The Hall–Kier alpha value is -1.15. The first-order valence-corrected chi connectivity index (χ1v) is 10.2. The molecule has 1 aromatic rings. The fraction of sp³-hybridized carbons (Fsp3) is 0.562. The third-order valence-corrected chi connectivity index (χ3v) is 5.73. The van der Waals surface area contributed by atoms with Gasteiger partial charge in [0.1, 0.15) is 5.60 Å². The largest absolute Gasteiger partial charge is 0.371 e. The van der Waals surface area contributed by atoms with E-state index in [1.54, 1.807) is 29.2 Å². The van der Waals surface area contributed by atoms with Crippen molar-refractivity contribution in [1.29, 1.82) is 0 Å². The molecule has 1 unspecified atom stereocenters. The normalized spacial score (nSPS) is 22.6. The first-order valence-electron chi connectivity index (χ1n) is 7.92. The Labute approximate surface area is 147 Å². The van der Waals surface area contributed by atoms with Gasteiger partial charge in [0.25, 0.3) is 5.91 Å². The van der Waals surface area contributed by atoms with Crippen LogP contribution in [0, 0.1) is 5.92 Å². The Morgan fingerprint density at radius 3 is 2.67 bits per heavy atom. The Balaban J connectivity index is 1.57. The molecule has 0 aromatic heterocycles. The Kier molecular flexibility index (Phi) is 4.88. The van der Waals surface area contributed by atoms with E-state index in [9.17, 15) is 13.2 Å². The van der Waals surface area contributed by atoms with Crippen molar-refractivity contribution in [1.82, 2.24) is 9.62 Å². The van der Waals surface area contributed by atoms with Crippen LogP contribution in [0.25, 0.3) is 0 Å². The number of hydrogen-bond acceptors (Lipinski definition) is 4. The minimum absolute atomic E-state index is 0.0270. The smallest absolute Gasteiger partial charge is 0.254 e. The maximum absolute atomic E-state index is 12.5. The number of halogens is 1. The number of carbonyl (C=O) groups excluding carboxylic acids is 1. The zero-order chi connectivity index (χ0) is 17.4. The van der Waals surface area contributed by atoms with Gasteiger partial charge < -0.3 is 9.64 Å². The monoisotopic (exact) mass is 372 g/mol. The van der Waals surface area contributed by atoms with E-state index < -0.39 is 10.0 Å². The summed E-state index contributed by atoms with van der Waals surface area (Å²) in [7, 11) is -3.17. The van der Waals surface area contributed by atoms with Crippen LogP contribution in [0.3, 0.4) is 0 Å². The van der Waals surface area contributed by atoms with Gasteiger partial charge in [-0.15, -0.1) is 0 Å². The summed E-state index contributed by atoms with van der Waals surface area (Å²) in [4.78, 5) is 14.2. The van der Waals surface area contributed by atoms with Gasteiger partial charge in [-0.1, -0.05) is 11.6 Å². The van der Waals surface area contributed by atoms with Gasteiger partial charge in [-0.2, -0.15) is 0 Å². The van der Waals surface area contributed by atoms with Gasteiger partial charge in [0.2, 0.25) is 10.0 Å². The molecule has 3 rings (SSSR count). The summed E-state index contributed by atoms with van der Waals surface area (Å²) < 4.78 is 30.8. The number of benzene rings is 1. The van der Waals surface area contributed by atoms with Gasteiger partial charge in [0.15, 0.2) is 0 Å². The number of nitrogens with one attached hydrogen (secondary N) is 1. The van der Waals surface area contributed by atoms with Gasteiger partial charge in [-0.05, 0) is 43.0 Å². The molecule has 1 spiro atoms. The first-order chi connectivity index (χ1) is 11.3. The lowest BCUT2D eigenvalue weighted by Crippen LogP contribution is -2.66. The summed E-state index contributed by atoms with van der Waals surface area (Å²) in [5, 5.41) is 0.601. The highest BCUT2D eigenvalue weighted by molar-refractivity contribution is 7.88. The quantitative estimate of drug-likeness (QED) is 0.850. The molecule has 1 atom stereocenters. The number of sulfonamides is 1. The number of hydrogen-bond donors (Lipinski definition) is 1. The molecule has 1 aromatic carbocycles. The van der Waals surface area contributed by atoms with Crippen LogP contribution in [-0.4, -0.2) is 57.3 Å². The molecular weight excluding hydrogens is 352 g/mol. The molecule has 1 amide bonds. The lowest BCUT2D eigenvalue weighted by Gasteiger charge is -2.50. The third kappa shape index (κ3) is 3.74. The standard InChI is InChI=1S/C16H21ClN2O4S/c1-24(21,22)18-8-6-13-7-9-23-16(13)10-19(11-16)15(20)12-2-4-14(17)5-3-12/h2-5,13,18H,6-11H2,1H3. The van der Waals surface area contributed by atoms with Crippen LogP contribution in [0.2, 0.25) is 5.02 Å². The number of rotatable bonds is 5. The van der Waals surface area contributed by atoms with Crippen LogP contribution in [0.15, 0.2) is 24.3 Å². The third-order valence-electron chi connectivity index (χ3n) is 4.75. The number of likely N-dealkylation sites (tertiary alicyclic amines) is 1. The molecule has 0 aliphatic carbocycles. The summed E-state index contributed by atoms with van der Waals surface area (Å²) >= 11 is 5.85. The minimum Gasteiger partial charge on any atom is -0.371 e. The topological polar surface area (TPSA) is 75.7 Å². The molecule has 2 aliphatic heterocycles. The van der Waals surface area contributed by atoms with Crippen LogP contribution in [-0.2, 0) is 14.8 Å². The summed E-state index contributed by atoms with van der Waals surface area (Å²) in [6.45, 7) is 2.17. The Morgan fingerprint density at radius 1 is 1.38 bits per heavy atom. The molecule has 0 bridgehead atoms. The van der Waals surface area contributed by atoms with E-state index in [1.807, 2.05) is 0 Å². The van der Waals surface area contributed by atoms with Crippen LogP contribution in [0.1, 0.15) is 23.2 Å². The Morgan fingerprint density at radius 2 is 2.04 bits per heavy atom. The average Bonchev–Trinajstić information content (AvgIpc) is 2.88. The second-order valence-corrected chi connectivity index (χ2v) is 8.79. The fourth-order valence-electron chi connectivity index (χ4n) is 3.48. The van der Waals surface area contributed by atoms with E-state index in [0.717, 1.165) is 19.1 Å². The molecule has 0 radical (unpaired) electrons. The van der Waals surface area contributed by atoms with Crippen molar-refractivity contribution in [3.8, 4) is 0 Å². The molecule has 6 nitrogen and oxygen atoms in total. The summed E-state index contributed by atoms with van der Waals surface area (Å²) in [5.41, 5.74) is 0.295. The zero-order valence-electron chi connectivity index (χ0n) is 13.5. The number of nitrogens with zero attached hydrogens (tertiary/aromatic N) is 1. The molecule has 24 heavy (non-hydrogen) atoms. The number of carbonyl (C=O) groups is 1. The van der Waals surface area contributed by atoms with Crippen LogP contribution < -0.4 is 4.72 Å². The molecule has 132 valence electrons. The van der Waals surface area contributed by atoms with E-state index in [0.29, 0.717) is 36.8 Å². The molecule has 2 heterocycles. The first kappa shape index (κ1) is 17.7. The van der Waals surface area contributed by atoms with E-state index in [1.165, 1.54) is 0 Å². The van der Waals surface area contributed by atoms with Crippen LogP contribution in [0.5, 0.6) is 0 Å². The van der Waals surface area contributed by atoms with Crippen molar-refractivity contribution in [2.75, 3.05) is 32.5 Å². The van der Waals surface area contributed by atoms with Crippen molar-refractivity contribution in [2.45, 2.75) is 18.4 Å². The van der Waals surface area contributed by atoms with Gasteiger partial charge in [0, 0.05) is 23.7 Å². The molecule has 1 N–H and O–H groups in total. The number of amides is 1.